The fourth-order valence-corrected chi connectivity index (χ4v) is 4.46. The molecule has 1 atom stereocenters. The van der Waals surface area contributed by atoms with Crippen LogP contribution in [-0.2, 0) is 14.3 Å². The summed E-state index contributed by atoms with van der Waals surface area (Å²) in [6.45, 7) is 2.95. The van der Waals surface area contributed by atoms with Gasteiger partial charge in [0.1, 0.15) is 5.25 Å². The first kappa shape index (κ1) is 23.6. The molecule has 1 fully saturated rings. The summed E-state index contributed by atoms with van der Waals surface area (Å²) in [5.74, 6) is -0.360. The Labute approximate surface area is 196 Å². The van der Waals surface area contributed by atoms with Crippen molar-refractivity contribution in [2.75, 3.05) is 25.6 Å². The summed E-state index contributed by atoms with van der Waals surface area (Å²) in [6, 6.07) is 12.6. The van der Waals surface area contributed by atoms with E-state index in [1.54, 1.807) is 30.2 Å². The second kappa shape index (κ2) is 11.0. The Kier molecular flexibility index (Phi) is 8.37. The number of amidine groups is 1. The van der Waals surface area contributed by atoms with Crippen molar-refractivity contribution in [1.29, 1.82) is 0 Å². The van der Waals surface area contributed by atoms with E-state index in [2.05, 4.69) is 10.3 Å². The number of amides is 2. The van der Waals surface area contributed by atoms with Gasteiger partial charge in [0.15, 0.2) is 5.17 Å². The number of rotatable bonds is 8. The van der Waals surface area contributed by atoms with Crippen molar-refractivity contribution >= 4 is 63.3 Å². The van der Waals surface area contributed by atoms with Crippen LogP contribution in [0.25, 0.3) is 0 Å². The molecule has 1 aliphatic heterocycles. The Morgan fingerprint density at radius 1 is 1.19 bits per heavy atom. The van der Waals surface area contributed by atoms with Crippen molar-refractivity contribution in [1.82, 2.24) is 4.90 Å². The fourth-order valence-electron chi connectivity index (χ4n) is 2.98. The molecule has 6 nitrogen and oxygen atoms in total. The summed E-state index contributed by atoms with van der Waals surface area (Å²) < 4.78 is 5.10. The molecule has 1 aliphatic rings. The van der Waals surface area contributed by atoms with E-state index in [1.165, 1.54) is 11.8 Å². The summed E-state index contributed by atoms with van der Waals surface area (Å²) in [4.78, 5) is 31.7. The average molecular weight is 480 g/mol. The summed E-state index contributed by atoms with van der Waals surface area (Å²) in [7, 11) is 1.61. The van der Waals surface area contributed by atoms with Gasteiger partial charge in [0, 0.05) is 32.4 Å². The van der Waals surface area contributed by atoms with Crippen LogP contribution in [0.15, 0.2) is 47.5 Å². The molecule has 1 heterocycles. The first-order valence-electron chi connectivity index (χ1n) is 9.74. The monoisotopic (exact) mass is 479 g/mol. The molecule has 1 unspecified atom stereocenters. The molecule has 164 valence electrons. The van der Waals surface area contributed by atoms with Crippen LogP contribution < -0.4 is 5.32 Å². The maximum Gasteiger partial charge on any atom is 0.242 e. The molecule has 0 saturated carbocycles. The van der Waals surface area contributed by atoms with Crippen molar-refractivity contribution < 1.29 is 14.3 Å². The molecule has 31 heavy (non-hydrogen) atoms. The summed E-state index contributed by atoms with van der Waals surface area (Å²) >= 11 is 13.4. The first-order chi connectivity index (χ1) is 14.9. The smallest absolute Gasteiger partial charge is 0.242 e. The maximum atomic E-state index is 13.0. The van der Waals surface area contributed by atoms with Gasteiger partial charge in [-0.15, -0.1) is 0 Å². The van der Waals surface area contributed by atoms with Crippen LogP contribution in [-0.4, -0.2) is 47.4 Å². The van der Waals surface area contributed by atoms with Gasteiger partial charge in [0.05, 0.1) is 15.7 Å². The van der Waals surface area contributed by atoms with Gasteiger partial charge in [0.25, 0.3) is 0 Å². The number of nitrogens with one attached hydrogen (secondary N) is 1. The highest BCUT2D eigenvalue weighted by molar-refractivity contribution is 8.15. The Balaban J connectivity index is 1.74. The Morgan fingerprint density at radius 3 is 2.61 bits per heavy atom. The van der Waals surface area contributed by atoms with Crippen molar-refractivity contribution in [2.45, 2.75) is 25.0 Å². The molecule has 2 aromatic rings. The summed E-state index contributed by atoms with van der Waals surface area (Å²) in [6.07, 6.45) is 0.712. The van der Waals surface area contributed by atoms with Crippen LogP contribution in [0.5, 0.6) is 0 Å². The predicted molar refractivity (Wildman–Crippen MR) is 128 cm³/mol. The number of carbonyl (C=O) groups excluding carboxylic acids is 2. The number of aryl methyl sites for hydroxylation is 1. The first-order valence-corrected chi connectivity index (χ1v) is 11.4. The number of hydrogen-bond donors (Lipinski definition) is 1. The molecule has 2 aromatic carbocycles. The highest BCUT2D eigenvalue weighted by atomic mass is 35.5. The van der Waals surface area contributed by atoms with Crippen LogP contribution in [0.2, 0.25) is 10.0 Å². The number of benzene rings is 2. The number of ether oxygens (including phenoxy) is 1. The number of methoxy groups -OCH3 is 1. The van der Waals surface area contributed by atoms with Gasteiger partial charge < -0.3 is 10.1 Å². The Hall–Kier alpha value is -2.06. The third-order valence-corrected chi connectivity index (χ3v) is 6.50. The van der Waals surface area contributed by atoms with Crippen LogP contribution in [0, 0.1) is 6.92 Å². The van der Waals surface area contributed by atoms with E-state index in [1.807, 2.05) is 31.2 Å². The molecule has 0 radical (unpaired) electrons. The molecule has 0 aromatic heterocycles. The van der Waals surface area contributed by atoms with Crippen molar-refractivity contribution in [3.63, 3.8) is 0 Å². The van der Waals surface area contributed by atoms with Crippen molar-refractivity contribution in [3.8, 4) is 0 Å². The van der Waals surface area contributed by atoms with E-state index in [0.29, 0.717) is 46.2 Å². The lowest BCUT2D eigenvalue weighted by atomic mass is 10.2. The zero-order valence-electron chi connectivity index (χ0n) is 17.2. The lowest BCUT2D eigenvalue weighted by Crippen LogP contribution is -2.34. The molecule has 1 saturated heterocycles. The van der Waals surface area contributed by atoms with E-state index in [0.717, 1.165) is 5.56 Å². The fraction of sp³-hybridized carbons (Fsp3) is 0.318. The molecule has 9 heteroatoms. The normalized spacial score (nSPS) is 17.4. The van der Waals surface area contributed by atoms with E-state index < -0.39 is 5.25 Å². The second-order valence-corrected chi connectivity index (χ2v) is 9.04. The predicted octanol–water partition coefficient (Wildman–Crippen LogP) is 5.30. The number of halogens is 2. The third-order valence-electron chi connectivity index (χ3n) is 4.58. The van der Waals surface area contributed by atoms with E-state index in [4.69, 9.17) is 27.9 Å². The maximum absolute atomic E-state index is 13.0. The van der Waals surface area contributed by atoms with E-state index in [9.17, 15) is 9.59 Å². The van der Waals surface area contributed by atoms with Crippen molar-refractivity contribution in [3.05, 3.63) is 58.1 Å². The zero-order valence-corrected chi connectivity index (χ0v) is 19.6. The van der Waals surface area contributed by atoms with Gasteiger partial charge in [0.2, 0.25) is 11.8 Å². The number of aliphatic imine (C=N–C) groups is 1. The zero-order chi connectivity index (χ0) is 22.4. The number of thioether (sulfide) groups is 1. The highest BCUT2D eigenvalue weighted by Crippen LogP contribution is 2.33. The second-order valence-electron chi connectivity index (χ2n) is 7.05. The lowest BCUT2D eigenvalue weighted by Gasteiger charge is -2.16. The van der Waals surface area contributed by atoms with Crippen LogP contribution >= 0.6 is 35.0 Å². The quantitative estimate of drug-likeness (QED) is 0.521. The summed E-state index contributed by atoms with van der Waals surface area (Å²) in [5.41, 5.74) is 2.40. The highest BCUT2D eigenvalue weighted by Gasteiger charge is 2.38. The average Bonchev–Trinajstić information content (AvgIpc) is 3.01. The number of hydrogen-bond acceptors (Lipinski definition) is 5. The van der Waals surface area contributed by atoms with Gasteiger partial charge in [-0.25, -0.2) is 4.99 Å². The number of anilines is 1. The molecular weight excluding hydrogens is 457 g/mol. The number of carbonyl (C=O) groups is 2. The van der Waals surface area contributed by atoms with Gasteiger partial charge in [-0.1, -0.05) is 52.7 Å². The molecule has 0 bridgehead atoms. The number of nitrogens with zero attached hydrogens (tertiary/aromatic N) is 2. The van der Waals surface area contributed by atoms with Crippen LogP contribution in [0.3, 0.4) is 0 Å². The van der Waals surface area contributed by atoms with Crippen molar-refractivity contribution in [2.24, 2.45) is 4.99 Å². The lowest BCUT2D eigenvalue weighted by molar-refractivity contribution is -0.128. The molecule has 0 spiro atoms. The Bertz CT molecular complexity index is 982. The molecule has 2 amide bonds. The topological polar surface area (TPSA) is 71.0 Å². The molecular formula is C22H23Cl2N3O3S. The van der Waals surface area contributed by atoms with Gasteiger partial charge >= 0.3 is 0 Å². The van der Waals surface area contributed by atoms with Crippen LogP contribution in [0.4, 0.5) is 11.4 Å². The van der Waals surface area contributed by atoms with Crippen LogP contribution in [0.1, 0.15) is 18.4 Å². The standard InChI is InChI=1S/C22H23Cl2N3O3S/c1-14-4-6-15(7-5-14)25-20(28)13-19-21(29)27(10-3-11-30-2)22(31-19)26-16-8-9-17(23)18(24)12-16/h4-9,12,19H,3,10-11,13H2,1-2H3,(H,25,28). The minimum Gasteiger partial charge on any atom is -0.385 e. The SMILES string of the molecule is COCCCN1C(=O)C(CC(=O)Nc2ccc(C)cc2)SC1=Nc1ccc(Cl)c(Cl)c1. The van der Waals surface area contributed by atoms with Gasteiger partial charge in [-0.05, 0) is 43.7 Å². The molecule has 1 N–H and O–H groups in total. The largest absolute Gasteiger partial charge is 0.385 e. The van der Waals surface area contributed by atoms with Gasteiger partial charge in [-0.3, -0.25) is 14.5 Å². The molecule has 3 rings (SSSR count). The van der Waals surface area contributed by atoms with Gasteiger partial charge in [-0.2, -0.15) is 0 Å². The minimum atomic E-state index is -0.547. The minimum absolute atomic E-state index is 0.0541. The van der Waals surface area contributed by atoms with E-state index >= 15 is 0 Å². The molecule has 0 aliphatic carbocycles. The Morgan fingerprint density at radius 2 is 1.94 bits per heavy atom. The summed E-state index contributed by atoms with van der Waals surface area (Å²) in [5, 5.41) is 3.66. The third kappa shape index (κ3) is 6.46. The van der Waals surface area contributed by atoms with E-state index in [-0.39, 0.29) is 18.2 Å².